The summed E-state index contributed by atoms with van der Waals surface area (Å²) in [4.78, 5) is 12.0. The minimum Gasteiger partial charge on any atom is -0.299 e. The zero-order valence-electron chi connectivity index (χ0n) is 10.4. The van der Waals surface area contributed by atoms with Crippen molar-refractivity contribution in [3.05, 3.63) is 18.0 Å². The lowest BCUT2D eigenvalue weighted by atomic mass is 9.84. The van der Waals surface area contributed by atoms with Gasteiger partial charge in [0.15, 0.2) is 0 Å². The molecule has 0 spiro atoms. The van der Waals surface area contributed by atoms with Gasteiger partial charge in [0.1, 0.15) is 5.78 Å². The zero-order valence-corrected chi connectivity index (χ0v) is 10.4. The normalized spacial score (nSPS) is 31.0. The molecule has 3 unspecified atom stereocenters. The quantitative estimate of drug-likeness (QED) is 0.798. The minimum absolute atomic E-state index is 0.399. The Bertz CT molecular complexity index is 424. The van der Waals surface area contributed by atoms with Gasteiger partial charge in [0.2, 0.25) is 0 Å². The van der Waals surface area contributed by atoms with E-state index < -0.39 is 0 Å². The third-order valence-electron chi connectivity index (χ3n) is 4.53. The van der Waals surface area contributed by atoms with Gasteiger partial charge in [-0.2, -0.15) is 5.10 Å². The molecule has 3 nitrogen and oxygen atoms in total. The summed E-state index contributed by atoms with van der Waals surface area (Å²) in [6.45, 7) is 0. The molecule has 0 aliphatic heterocycles. The van der Waals surface area contributed by atoms with Gasteiger partial charge in [0.05, 0.1) is 6.20 Å². The lowest BCUT2D eigenvalue weighted by Gasteiger charge is -2.20. The van der Waals surface area contributed by atoms with Crippen LogP contribution in [-0.4, -0.2) is 15.6 Å². The second-order valence-electron chi connectivity index (χ2n) is 5.88. The molecule has 3 heteroatoms. The second kappa shape index (κ2) is 4.28. The number of aromatic nitrogens is 2. The lowest BCUT2D eigenvalue weighted by Crippen LogP contribution is -2.16. The number of aryl methyl sites for hydroxylation is 1. The summed E-state index contributed by atoms with van der Waals surface area (Å²) in [6.07, 6.45) is 10.6. The van der Waals surface area contributed by atoms with E-state index in [-0.39, 0.29) is 0 Å². The smallest absolute Gasteiger partial charge is 0.137 e. The molecule has 0 radical (unpaired) electrons. The largest absolute Gasteiger partial charge is 0.299 e. The minimum atomic E-state index is 0.399. The number of carbonyl (C=O) groups is 1. The fourth-order valence-electron chi connectivity index (χ4n) is 3.78. The van der Waals surface area contributed by atoms with Crippen molar-refractivity contribution in [2.75, 3.05) is 0 Å². The van der Waals surface area contributed by atoms with Crippen molar-refractivity contribution in [2.24, 2.45) is 24.8 Å². The van der Waals surface area contributed by atoms with Crippen LogP contribution in [0.1, 0.15) is 37.7 Å². The number of hydrogen-bond acceptors (Lipinski definition) is 2. The zero-order chi connectivity index (χ0) is 11.8. The standard InChI is InChI=1S/C14H20N2O/c1-16-9-11(8-15-16)6-14(17)7-13-5-10-2-3-12(13)4-10/h8-10,12-13H,2-7H2,1H3. The molecule has 17 heavy (non-hydrogen) atoms. The Morgan fingerprint density at radius 3 is 2.94 bits per heavy atom. The first-order chi connectivity index (χ1) is 8.20. The van der Waals surface area contributed by atoms with Crippen LogP contribution in [0.3, 0.4) is 0 Å². The Labute approximate surface area is 102 Å². The van der Waals surface area contributed by atoms with Gasteiger partial charge in [0, 0.05) is 26.1 Å². The lowest BCUT2D eigenvalue weighted by molar-refractivity contribution is -0.119. The van der Waals surface area contributed by atoms with Gasteiger partial charge >= 0.3 is 0 Å². The second-order valence-corrected chi connectivity index (χ2v) is 5.88. The van der Waals surface area contributed by atoms with E-state index in [1.807, 2.05) is 13.2 Å². The topological polar surface area (TPSA) is 34.9 Å². The molecular weight excluding hydrogens is 212 g/mol. The van der Waals surface area contributed by atoms with Crippen LogP contribution in [0.15, 0.2) is 12.4 Å². The first-order valence-electron chi connectivity index (χ1n) is 6.70. The van der Waals surface area contributed by atoms with E-state index in [0.29, 0.717) is 18.1 Å². The highest BCUT2D eigenvalue weighted by Gasteiger charge is 2.39. The molecule has 2 saturated carbocycles. The van der Waals surface area contributed by atoms with Crippen molar-refractivity contribution < 1.29 is 4.79 Å². The molecule has 3 atom stereocenters. The number of Topliss-reactive ketones (excluding diaryl/α,β-unsaturated/α-hetero) is 1. The maximum atomic E-state index is 12.0. The Kier molecular flexibility index (Phi) is 2.77. The van der Waals surface area contributed by atoms with Gasteiger partial charge in [0.25, 0.3) is 0 Å². The summed E-state index contributed by atoms with van der Waals surface area (Å²) in [6, 6.07) is 0. The van der Waals surface area contributed by atoms with Crippen LogP contribution in [0, 0.1) is 17.8 Å². The summed E-state index contributed by atoms with van der Waals surface area (Å²) in [7, 11) is 1.89. The average molecular weight is 232 g/mol. The molecule has 92 valence electrons. The van der Waals surface area contributed by atoms with Gasteiger partial charge in [-0.1, -0.05) is 6.42 Å². The van der Waals surface area contributed by atoms with Crippen LogP contribution in [0.25, 0.3) is 0 Å². The molecule has 0 N–H and O–H groups in total. The first-order valence-corrected chi connectivity index (χ1v) is 6.70. The van der Waals surface area contributed by atoms with Crippen LogP contribution in [0.4, 0.5) is 0 Å². The Hall–Kier alpha value is -1.12. The highest BCUT2D eigenvalue weighted by molar-refractivity contribution is 5.81. The molecule has 1 aromatic rings. The predicted octanol–water partition coefficient (Wildman–Crippen LogP) is 2.36. The highest BCUT2D eigenvalue weighted by Crippen LogP contribution is 2.49. The monoisotopic (exact) mass is 232 g/mol. The maximum absolute atomic E-state index is 12.0. The molecule has 0 amide bonds. The molecule has 0 aromatic carbocycles. The molecule has 1 heterocycles. The number of rotatable bonds is 4. The Morgan fingerprint density at radius 1 is 1.47 bits per heavy atom. The summed E-state index contributed by atoms with van der Waals surface area (Å²) in [5.41, 5.74) is 1.06. The number of fused-ring (bicyclic) bond motifs is 2. The van der Waals surface area contributed by atoms with Gasteiger partial charge < -0.3 is 0 Å². The fraction of sp³-hybridized carbons (Fsp3) is 0.714. The molecule has 2 fully saturated rings. The molecule has 0 saturated heterocycles. The van der Waals surface area contributed by atoms with Crippen LogP contribution >= 0.6 is 0 Å². The summed E-state index contributed by atoms with van der Waals surface area (Å²) >= 11 is 0. The fourth-order valence-corrected chi connectivity index (χ4v) is 3.78. The van der Waals surface area contributed by atoms with Crippen LogP contribution in [0.5, 0.6) is 0 Å². The van der Waals surface area contributed by atoms with E-state index in [4.69, 9.17) is 0 Å². The van der Waals surface area contributed by atoms with E-state index in [2.05, 4.69) is 5.10 Å². The summed E-state index contributed by atoms with van der Waals surface area (Å²) < 4.78 is 1.76. The maximum Gasteiger partial charge on any atom is 0.137 e. The van der Waals surface area contributed by atoms with Crippen LogP contribution in [0.2, 0.25) is 0 Å². The van der Waals surface area contributed by atoms with Crippen molar-refractivity contribution in [1.29, 1.82) is 0 Å². The number of hydrogen-bond donors (Lipinski definition) is 0. The van der Waals surface area contributed by atoms with Crippen molar-refractivity contribution in [1.82, 2.24) is 9.78 Å². The van der Waals surface area contributed by atoms with Crippen molar-refractivity contribution in [2.45, 2.75) is 38.5 Å². The number of nitrogens with zero attached hydrogens (tertiary/aromatic N) is 2. The van der Waals surface area contributed by atoms with Crippen molar-refractivity contribution >= 4 is 5.78 Å². The SMILES string of the molecule is Cn1cc(CC(=O)CC2CC3CCC2C3)cn1. The van der Waals surface area contributed by atoms with Crippen molar-refractivity contribution in [3.63, 3.8) is 0 Å². The summed E-state index contributed by atoms with van der Waals surface area (Å²) in [5, 5.41) is 4.10. The average Bonchev–Trinajstić information content (AvgIpc) is 2.95. The van der Waals surface area contributed by atoms with Crippen LogP contribution in [-0.2, 0) is 18.3 Å². The molecule has 2 aliphatic rings. The molecular formula is C14H20N2O. The molecule has 1 aromatic heterocycles. The summed E-state index contributed by atoms with van der Waals surface area (Å²) in [5.74, 6) is 2.89. The van der Waals surface area contributed by atoms with Gasteiger partial charge in [-0.25, -0.2) is 0 Å². The molecule has 3 rings (SSSR count). The predicted molar refractivity (Wildman–Crippen MR) is 65.5 cm³/mol. The Balaban J connectivity index is 1.54. The van der Waals surface area contributed by atoms with E-state index in [9.17, 15) is 4.79 Å². The third-order valence-corrected chi connectivity index (χ3v) is 4.53. The molecule has 2 aliphatic carbocycles. The van der Waals surface area contributed by atoms with E-state index in [1.54, 1.807) is 10.9 Å². The van der Waals surface area contributed by atoms with Crippen molar-refractivity contribution in [3.8, 4) is 0 Å². The highest BCUT2D eigenvalue weighted by atomic mass is 16.1. The van der Waals surface area contributed by atoms with Crippen LogP contribution < -0.4 is 0 Å². The first kappa shape index (κ1) is 11.0. The molecule has 2 bridgehead atoms. The Morgan fingerprint density at radius 2 is 2.35 bits per heavy atom. The number of carbonyl (C=O) groups excluding carboxylic acids is 1. The van der Waals surface area contributed by atoms with Gasteiger partial charge in [-0.15, -0.1) is 0 Å². The number of ketones is 1. The van der Waals surface area contributed by atoms with Gasteiger partial charge in [-0.05, 0) is 42.6 Å². The van der Waals surface area contributed by atoms with Gasteiger partial charge in [-0.3, -0.25) is 9.48 Å². The van der Waals surface area contributed by atoms with E-state index >= 15 is 0 Å². The van der Waals surface area contributed by atoms with E-state index in [1.165, 1.54) is 25.7 Å². The van der Waals surface area contributed by atoms with E-state index in [0.717, 1.165) is 23.8 Å². The third kappa shape index (κ3) is 2.28.